The topological polar surface area (TPSA) is 34.1 Å². The van der Waals surface area contributed by atoms with Gasteiger partial charge in [-0.2, -0.15) is 0 Å². The molecule has 1 saturated heterocycles. The molecule has 3 rings (SSSR count). The number of benzene rings is 1. The van der Waals surface area contributed by atoms with Crippen LogP contribution in [0.3, 0.4) is 0 Å². The minimum atomic E-state index is 0.784. The van der Waals surface area contributed by atoms with Crippen LogP contribution in [0.4, 0.5) is 0 Å². The summed E-state index contributed by atoms with van der Waals surface area (Å²) in [5, 5.41) is 4.40. The lowest BCUT2D eigenvalue weighted by Crippen LogP contribution is -2.42. The summed E-state index contributed by atoms with van der Waals surface area (Å²) in [6.45, 7) is 3.06. The second-order valence-electron chi connectivity index (χ2n) is 4.53. The lowest BCUT2D eigenvalue weighted by atomic mass is 10.0. The van der Waals surface area contributed by atoms with Gasteiger partial charge in [0.15, 0.2) is 0 Å². The van der Waals surface area contributed by atoms with Crippen LogP contribution in [0, 0.1) is 5.92 Å². The minimum Gasteiger partial charge on any atom is -0.492 e. The van der Waals surface area contributed by atoms with Gasteiger partial charge < -0.3 is 10.1 Å². The third kappa shape index (κ3) is 2.39. The molecule has 2 heterocycles. The van der Waals surface area contributed by atoms with Crippen molar-refractivity contribution in [1.82, 2.24) is 10.3 Å². The molecule has 2 aromatic rings. The molecular formula is C14H16N2O. The Morgan fingerprint density at radius 2 is 2.18 bits per heavy atom. The van der Waals surface area contributed by atoms with E-state index in [1.165, 1.54) is 0 Å². The predicted molar refractivity (Wildman–Crippen MR) is 68.2 cm³/mol. The van der Waals surface area contributed by atoms with Crippen molar-refractivity contribution in [2.45, 2.75) is 6.42 Å². The molecule has 1 fully saturated rings. The van der Waals surface area contributed by atoms with Crippen LogP contribution in [0.25, 0.3) is 10.9 Å². The maximum absolute atomic E-state index is 5.73. The number of nitrogens with zero attached hydrogens (tertiary/aromatic N) is 1. The molecular weight excluding hydrogens is 212 g/mol. The largest absolute Gasteiger partial charge is 0.492 e. The first-order valence-corrected chi connectivity index (χ1v) is 6.10. The van der Waals surface area contributed by atoms with Crippen molar-refractivity contribution in [3.05, 3.63) is 36.5 Å². The fraction of sp³-hybridized carbons (Fsp3) is 0.357. The van der Waals surface area contributed by atoms with E-state index in [9.17, 15) is 0 Å². The van der Waals surface area contributed by atoms with E-state index in [1.54, 1.807) is 6.20 Å². The van der Waals surface area contributed by atoms with Gasteiger partial charge in [0.1, 0.15) is 5.75 Å². The predicted octanol–water partition coefficient (Wildman–Crippen LogP) is 2.22. The highest BCUT2D eigenvalue weighted by Gasteiger charge is 2.15. The van der Waals surface area contributed by atoms with Gasteiger partial charge in [-0.15, -0.1) is 0 Å². The van der Waals surface area contributed by atoms with Crippen molar-refractivity contribution in [3.8, 4) is 5.75 Å². The highest BCUT2D eigenvalue weighted by atomic mass is 16.5. The summed E-state index contributed by atoms with van der Waals surface area (Å²) >= 11 is 0. The number of rotatable bonds is 4. The first-order valence-electron chi connectivity index (χ1n) is 6.10. The minimum absolute atomic E-state index is 0.784. The van der Waals surface area contributed by atoms with Crippen LogP contribution in [0.5, 0.6) is 5.75 Å². The highest BCUT2D eigenvalue weighted by molar-refractivity contribution is 5.79. The second-order valence-corrected chi connectivity index (χ2v) is 4.53. The van der Waals surface area contributed by atoms with Crippen LogP contribution in [-0.2, 0) is 0 Å². The van der Waals surface area contributed by atoms with Crippen molar-refractivity contribution in [2.75, 3.05) is 19.7 Å². The molecule has 0 unspecified atom stereocenters. The van der Waals surface area contributed by atoms with Crippen molar-refractivity contribution in [2.24, 2.45) is 5.92 Å². The molecule has 1 aromatic heterocycles. The van der Waals surface area contributed by atoms with Gasteiger partial charge in [-0.1, -0.05) is 18.2 Å². The van der Waals surface area contributed by atoms with Gasteiger partial charge in [0.05, 0.1) is 18.3 Å². The molecule has 3 heteroatoms. The number of pyridine rings is 1. The summed E-state index contributed by atoms with van der Waals surface area (Å²) < 4.78 is 5.73. The van der Waals surface area contributed by atoms with Crippen molar-refractivity contribution in [3.63, 3.8) is 0 Å². The molecule has 1 aromatic carbocycles. The number of ether oxygens (including phenoxy) is 1. The molecule has 0 aliphatic carbocycles. The highest BCUT2D eigenvalue weighted by Crippen LogP contribution is 2.18. The third-order valence-electron chi connectivity index (χ3n) is 3.23. The number of fused-ring (bicyclic) bond motifs is 1. The van der Waals surface area contributed by atoms with Crippen LogP contribution in [0.15, 0.2) is 36.5 Å². The van der Waals surface area contributed by atoms with Crippen LogP contribution in [-0.4, -0.2) is 24.7 Å². The lowest BCUT2D eigenvalue weighted by molar-refractivity contribution is 0.238. The molecule has 3 nitrogen and oxygen atoms in total. The zero-order valence-electron chi connectivity index (χ0n) is 9.73. The average Bonchev–Trinajstić information content (AvgIpc) is 2.32. The summed E-state index contributed by atoms with van der Waals surface area (Å²) in [5.74, 6) is 1.67. The Morgan fingerprint density at radius 3 is 3.00 bits per heavy atom. The normalized spacial score (nSPS) is 15.8. The molecule has 0 atom stereocenters. The molecule has 0 saturated carbocycles. The van der Waals surface area contributed by atoms with E-state index < -0.39 is 0 Å². The fourth-order valence-corrected chi connectivity index (χ4v) is 2.03. The SMILES string of the molecule is c1ccc2ncc(OCCC3CNC3)cc2c1. The van der Waals surface area contributed by atoms with E-state index in [2.05, 4.69) is 22.4 Å². The summed E-state index contributed by atoms with van der Waals surface area (Å²) in [6.07, 6.45) is 2.93. The van der Waals surface area contributed by atoms with Gasteiger partial charge in [0.25, 0.3) is 0 Å². The zero-order valence-corrected chi connectivity index (χ0v) is 9.73. The Hall–Kier alpha value is -1.61. The van der Waals surface area contributed by atoms with E-state index in [4.69, 9.17) is 4.74 Å². The quantitative estimate of drug-likeness (QED) is 0.871. The van der Waals surface area contributed by atoms with Crippen LogP contribution >= 0.6 is 0 Å². The molecule has 17 heavy (non-hydrogen) atoms. The molecule has 0 spiro atoms. The number of para-hydroxylation sites is 1. The van der Waals surface area contributed by atoms with Gasteiger partial charge in [-0.05, 0) is 37.6 Å². The summed E-state index contributed by atoms with van der Waals surface area (Å²) in [6, 6.07) is 10.2. The number of nitrogens with one attached hydrogen (secondary N) is 1. The first-order chi connectivity index (χ1) is 8.42. The van der Waals surface area contributed by atoms with Gasteiger partial charge >= 0.3 is 0 Å². The molecule has 0 bridgehead atoms. The fourth-order valence-electron chi connectivity index (χ4n) is 2.03. The molecule has 1 N–H and O–H groups in total. The first kappa shape index (κ1) is 10.5. The van der Waals surface area contributed by atoms with Crippen LogP contribution < -0.4 is 10.1 Å². The molecule has 1 aliphatic rings. The van der Waals surface area contributed by atoms with Gasteiger partial charge in [-0.25, -0.2) is 0 Å². The van der Waals surface area contributed by atoms with Crippen LogP contribution in [0.2, 0.25) is 0 Å². The second kappa shape index (κ2) is 4.72. The van der Waals surface area contributed by atoms with Gasteiger partial charge in [0, 0.05) is 5.39 Å². The molecule has 1 aliphatic heterocycles. The average molecular weight is 228 g/mol. The van der Waals surface area contributed by atoms with Gasteiger partial charge in [-0.3, -0.25) is 4.98 Å². The van der Waals surface area contributed by atoms with E-state index in [0.29, 0.717) is 0 Å². The van der Waals surface area contributed by atoms with E-state index in [1.807, 2.05) is 18.2 Å². The Balaban J connectivity index is 1.63. The third-order valence-corrected chi connectivity index (χ3v) is 3.23. The monoisotopic (exact) mass is 228 g/mol. The molecule has 0 radical (unpaired) electrons. The Kier molecular flexibility index (Phi) is 2.92. The van der Waals surface area contributed by atoms with Crippen molar-refractivity contribution < 1.29 is 4.74 Å². The standard InChI is InChI=1S/C14H16N2O/c1-2-4-14-12(3-1)7-13(10-16-14)17-6-5-11-8-15-9-11/h1-4,7,10-11,15H,5-6,8-9H2. The maximum atomic E-state index is 5.73. The zero-order chi connectivity index (χ0) is 11.5. The molecule has 0 amide bonds. The Bertz CT molecular complexity index is 508. The maximum Gasteiger partial charge on any atom is 0.138 e. The van der Waals surface area contributed by atoms with E-state index >= 15 is 0 Å². The number of aromatic nitrogens is 1. The number of hydrogen-bond donors (Lipinski definition) is 1. The Morgan fingerprint density at radius 1 is 1.29 bits per heavy atom. The summed E-state index contributed by atoms with van der Waals surface area (Å²) in [5.41, 5.74) is 1.02. The molecule has 88 valence electrons. The summed E-state index contributed by atoms with van der Waals surface area (Å²) in [7, 11) is 0. The van der Waals surface area contributed by atoms with E-state index in [-0.39, 0.29) is 0 Å². The van der Waals surface area contributed by atoms with Gasteiger partial charge in [0.2, 0.25) is 0 Å². The van der Waals surface area contributed by atoms with E-state index in [0.717, 1.165) is 48.7 Å². The van der Waals surface area contributed by atoms with Crippen molar-refractivity contribution in [1.29, 1.82) is 0 Å². The lowest BCUT2D eigenvalue weighted by Gasteiger charge is -2.26. The van der Waals surface area contributed by atoms with Crippen LogP contribution in [0.1, 0.15) is 6.42 Å². The number of hydrogen-bond acceptors (Lipinski definition) is 3. The Labute approximate surface area is 101 Å². The smallest absolute Gasteiger partial charge is 0.138 e. The summed E-state index contributed by atoms with van der Waals surface area (Å²) in [4.78, 5) is 4.38. The van der Waals surface area contributed by atoms with Crippen molar-refractivity contribution >= 4 is 10.9 Å².